The molecular formula is C11H18. The van der Waals surface area contributed by atoms with E-state index in [9.17, 15) is 0 Å². The fraction of sp³-hybridized carbons (Fsp3) is 0.636. The number of allylic oxidation sites excluding steroid dienone is 4. The Hall–Kier alpha value is -0.520. The lowest BCUT2D eigenvalue weighted by atomic mass is 10.0. The molecule has 11 heavy (non-hydrogen) atoms. The zero-order valence-electron chi connectivity index (χ0n) is 7.64. The first kappa shape index (κ1) is 8.58. The van der Waals surface area contributed by atoms with Crippen LogP contribution < -0.4 is 0 Å². The molecule has 0 bridgehead atoms. The summed E-state index contributed by atoms with van der Waals surface area (Å²) in [5.41, 5.74) is 1.52. The van der Waals surface area contributed by atoms with Gasteiger partial charge in [0.2, 0.25) is 0 Å². The molecular weight excluding hydrogens is 132 g/mol. The molecule has 0 nitrogen and oxygen atoms in total. The minimum Gasteiger partial charge on any atom is -0.0817 e. The van der Waals surface area contributed by atoms with Gasteiger partial charge in [0.05, 0.1) is 0 Å². The molecule has 0 aliphatic heterocycles. The van der Waals surface area contributed by atoms with Crippen molar-refractivity contribution in [2.45, 2.75) is 39.5 Å². The summed E-state index contributed by atoms with van der Waals surface area (Å²) in [5.74, 6) is 0.775. The highest BCUT2D eigenvalue weighted by atomic mass is 14.0. The van der Waals surface area contributed by atoms with E-state index in [2.05, 4.69) is 32.1 Å². The zero-order chi connectivity index (χ0) is 8.10. The van der Waals surface area contributed by atoms with Crippen molar-refractivity contribution in [3.63, 3.8) is 0 Å². The molecule has 0 amide bonds. The maximum absolute atomic E-state index is 2.31. The second kappa shape index (κ2) is 4.38. The lowest BCUT2D eigenvalue weighted by Gasteiger charge is -2.03. The second-order valence-corrected chi connectivity index (χ2v) is 3.62. The van der Waals surface area contributed by atoms with E-state index < -0.39 is 0 Å². The largest absolute Gasteiger partial charge is 0.0817 e. The predicted octanol–water partition coefficient (Wildman–Crippen LogP) is 3.70. The standard InChI is InChI=1S/C11H18/c1-10-6-3-4-7-11(2)9-5-8-10/h5,8-10H,3-4,6-7H2,1-2H3. The molecule has 1 unspecified atom stereocenters. The van der Waals surface area contributed by atoms with Crippen LogP contribution in [0, 0.1) is 5.92 Å². The highest BCUT2D eigenvalue weighted by Gasteiger charge is 1.99. The van der Waals surface area contributed by atoms with Gasteiger partial charge in [-0.15, -0.1) is 0 Å². The summed E-state index contributed by atoms with van der Waals surface area (Å²) in [7, 11) is 0. The van der Waals surface area contributed by atoms with E-state index in [4.69, 9.17) is 0 Å². The van der Waals surface area contributed by atoms with Gasteiger partial charge < -0.3 is 0 Å². The molecule has 0 fully saturated rings. The molecule has 0 heteroatoms. The maximum atomic E-state index is 2.31. The van der Waals surface area contributed by atoms with Crippen LogP contribution in [0.15, 0.2) is 23.8 Å². The summed E-state index contributed by atoms with van der Waals surface area (Å²) in [4.78, 5) is 0. The molecule has 0 aromatic heterocycles. The Morgan fingerprint density at radius 3 is 3.00 bits per heavy atom. The van der Waals surface area contributed by atoms with Gasteiger partial charge in [0, 0.05) is 0 Å². The van der Waals surface area contributed by atoms with Crippen LogP contribution in [0.2, 0.25) is 0 Å². The average Bonchev–Trinajstić information content (AvgIpc) is 2.04. The molecule has 1 atom stereocenters. The Kier molecular flexibility index (Phi) is 3.41. The van der Waals surface area contributed by atoms with Gasteiger partial charge in [0.15, 0.2) is 0 Å². The van der Waals surface area contributed by atoms with Crippen LogP contribution in [0.3, 0.4) is 0 Å². The van der Waals surface area contributed by atoms with Gasteiger partial charge in [0.25, 0.3) is 0 Å². The first-order valence-corrected chi connectivity index (χ1v) is 4.63. The SMILES string of the molecule is CC1=CC=CC(C)CCCC1. The van der Waals surface area contributed by atoms with Crippen molar-refractivity contribution >= 4 is 0 Å². The summed E-state index contributed by atoms with van der Waals surface area (Å²) < 4.78 is 0. The third kappa shape index (κ3) is 3.41. The lowest BCUT2D eigenvalue weighted by molar-refractivity contribution is 0.583. The molecule has 1 aliphatic carbocycles. The molecule has 62 valence electrons. The molecule has 0 N–H and O–H groups in total. The number of rotatable bonds is 0. The van der Waals surface area contributed by atoms with E-state index in [1.54, 1.807) is 0 Å². The zero-order valence-corrected chi connectivity index (χ0v) is 7.64. The average molecular weight is 150 g/mol. The smallest absolute Gasteiger partial charge is 0.0259 e. The monoisotopic (exact) mass is 150 g/mol. The quantitative estimate of drug-likeness (QED) is 0.494. The van der Waals surface area contributed by atoms with Gasteiger partial charge >= 0.3 is 0 Å². The molecule has 0 saturated carbocycles. The van der Waals surface area contributed by atoms with Crippen molar-refractivity contribution in [3.05, 3.63) is 23.8 Å². The normalized spacial score (nSPS) is 26.7. The molecule has 0 radical (unpaired) electrons. The minimum atomic E-state index is 0.775. The molecule has 1 aliphatic rings. The van der Waals surface area contributed by atoms with Crippen molar-refractivity contribution < 1.29 is 0 Å². The van der Waals surface area contributed by atoms with Crippen LogP contribution in [0.5, 0.6) is 0 Å². The van der Waals surface area contributed by atoms with Crippen molar-refractivity contribution in [1.29, 1.82) is 0 Å². The van der Waals surface area contributed by atoms with Crippen LogP contribution in [-0.2, 0) is 0 Å². The Bertz CT molecular complexity index is 163. The fourth-order valence-electron chi connectivity index (χ4n) is 1.46. The Morgan fingerprint density at radius 1 is 1.36 bits per heavy atom. The van der Waals surface area contributed by atoms with E-state index in [1.165, 1.54) is 31.3 Å². The molecule has 0 saturated heterocycles. The van der Waals surface area contributed by atoms with Gasteiger partial charge in [-0.1, -0.05) is 37.1 Å². The molecule has 1 rings (SSSR count). The van der Waals surface area contributed by atoms with Gasteiger partial charge in [0.1, 0.15) is 0 Å². The molecule has 0 spiro atoms. The van der Waals surface area contributed by atoms with Crippen molar-refractivity contribution in [3.8, 4) is 0 Å². The van der Waals surface area contributed by atoms with E-state index in [-0.39, 0.29) is 0 Å². The van der Waals surface area contributed by atoms with Crippen LogP contribution in [0.1, 0.15) is 39.5 Å². The van der Waals surface area contributed by atoms with E-state index in [1.807, 2.05) is 0 Å². The summed E-state index contributed by atoms with van der Waals surface area (Å²) in [6.07, 6.45) is 12.2. The van der Waals surface area contributed by atoms with Crippen molar-refractivity contribution in [2.24, 2.45) is 5.92 Å². The second-order valence-electron chi connectivity index (χ2n) is 3.62. The van der Waals surface area contributed by atoms with Gasteiger partial charge in [-0.3, -0.25) is 0 Å². The minimum absolute atomic E-state index is 0.775. The summed E-state index contributed by atoms with van der Waals surface area (Å²) in [6.45, 7) is 4.52. The Morgan fingerprint density at radius 2 is 2.18 bits per heavy atom. The lowest BCUT2D eigenvalue weighted by Crippen LogP contribution is -1.88. The molecule has 0 heterocycles. The highest BCUT2D eigenvalue weighted by Crippen LogP contribution is 2.16. The van der Waals surface area contributed by atoms with E-state index in [0.717, 1.165) is 5.92 Å². The molecule has 0 aromatic rings. The molecule has 0 aromatic carbocycles. The van der Waals surface area contributed by atoms with Crippen LogP contribution in [-0.4, -0.2) is 0 Å². The van der Waals surface area contributed by atoms with E-state index >= 15 is 0 Å². The van der Waals surface area contributed by atoms with Crippen LogP contribution >= 0.6 is 0 Å². The predicted molar refractivity (Wildman–Crippen MR) is 50.5 cm³/mol. The number of hydrogen-bond acceptors (Lipinski definition) is 0. The third-order valence-electron chi connectivity index (χ3n) is 2.30. The maximum Gasteiger partial charge on any atom is -0.0259 e. The summed E-state index contributed by atoms with van der Waals surface area (Å²) in [5, 5.41) is 0. The van der Waals surface area contributed by atoms with Crippen molar-refractivity contribution in [2.75, 3.05) is 0 Å². The first-order valence-electron chi connectivity index (χ1n) is 4.63. The van der Waals surface area contributed by atoms with Gasteiger partial charge in [-0.25, -0.2) is 0 Å². The highest BCUT2D eigenvalue weighted by molar-refractivity contribution is 5.11. The number of hydrogen-bond donors (Lipinski definition) is 0. The van der Waals surface area contributed by atoms with E-state index in [0.29, 0.717) is 0 Å². The van der Waals surface area contributed by atoms with Crippen molar-refractivity contribution in [1.82, 2.24) is 0 Å². The van der Waals surface area contributed by atoms with Gasteiger partial charge in [-0.05, 0) is 32.1 Å². The summed E-state index contributed by atoms with van der Waals surface area (Å²) in [6, 6.07) is 0. The van der Waals surface area contributed by atoms with Crippen LogP contribution in [0.4, 0.5) is 0 Å². The fourth-order valence-corrected chi connectivity index (χ4v) is 1.46. The third-order valence-corrected chi connectivity index (χ3v) is 2.30. The topological polar surface area (TPSA) is 0 Å². The van der Waals surface area contributed by atoms with Crippen LogP contribution in [0.25, 0.3) is 0 Å². The Labute approximate surface area is 70.0 Å². The first-order chi connectivity index (χ1) is 5.29. The Balaban J connectivity index is 2.52. The summed E-state index contributed by atoms with van der Waals surface area (Å²) >= 11 is 0. The van der Waals surface area contributed by atoms with Gasteiger partial charge in [-0.2, -0.15) is 0 Å².